The molecular weight excluding hydrogens is 209 g/mol. The highest BCUT2D eigenvalue weighted by molar-refractivity contribution is 5.56. The molecule has 0 heterocycles. The third-order valence-corrected chi connectivity index (χ3v) is 2.24. The first-order valence-corrected chi connectivity index (χ1v) is 4.98. The van der Waals surface area contributed by atoms with Crippen LogP contribution in [0.15, 0.2) is 12.1 Å². The second-order valence-electron chi connectivity index (χ2n) is 3.40. The van der Waals surface area contributed by atoms with Crippen molar-refractivity contribution in [2.24, 2.45) is 0 Å². The molecule has 0 spiro atoms. The number of rotatable bonds is 4. The molecule has 5 heteroatoms. The number of aliphatic hydroxyl groups excluding tert-OH is 1. The van der Waals surface area contributed by atoms with Crippen LogP contribution in [0.3, 0.4) is 0 Å². The van der Waals surface area contributed by atoms with Crippen molar-refractivity contribution in [1.82, 2.24) is 5.32 Å². The molecule has 0 aliphatic heterocycles. The molecule has 86 valence electrons. The summed E-state index contributed by atoms with van der Waals surface area (Å²) < 4.78 is 13.3. The van der Waals surface area contributed by atoms with E-state index in [9.17, 15) is 9.50 Å². The molecule has 4 nitrogen and oxygen atoms in total. The standard InChI is InChI=1S/C11H14FN3O/c1-2-15-6-10(16)7-3-8(5-13)11(14)9(12)4-7/h3-4,10,15-16H,2,6,14H2,1H3. The van der Waals surface area contributed by atoms with Gasteiger partial charge in [-0.25, -0.2) is 4.39 Å². The minimum atomic E-state index is -0.845. The van der Waals surface area contributed by atoms with E-state index in [0.29, 0.717) is 18.7 Å². The van der Waals surface area contributed by atoms with Gasteiger partial charge < -0.3 is 16.2 Å². The normalized spacial score (nSPS) is 12.1. The largest absolute Gasteiger partial charge is 0.395 e. The summed E-state index contributed by atoms with van der Waals surface area (Å²) in [6, 6.07) is 4.35. The maximum Gasteiger partial charge on any atom is 0.147 e. The summed E-state index contributed by atoms with van der Waals surface area (Å²) in [7, 11) is 0. The van der Waals surface area contributed by atoms with E-state index < -0.39 is 11.9 Å². The van der Waals surface area contributed by atoms with Crippen molar-refractivity contribution in [2.45, 2.75) is 13.0 Å². The van der Waals surface area contributed by atoms with Gasteiger partial charge >= 0.3 is 0 Å². The molecule has 1 atom stereocenters. The molecule has 1 aromatic rings. The van der Waals surface area contributed by atoms with E-state index in [4.69, 9.17) is 11.0 Å². The van der Waals surface area contributed by atoms with Gasteiger partial charge in [0, 0.05) is 6.54 Å². The number of anilines is 1. The van der Waals surface area contributed by atoms with Crippen LogP contribution in [0, 0.1) is 17.1 Å². The molecule has 0 aliphatic carbocycles. The summed E-state index contributed by atoms with van der Waals surface area (Å²) in [4.78, 5) is 0. The number of benzene rings is 1. The lowest BCUT2D eigenvalue weighted by Gasteiger charge is -2.12. The third kappa shape index (κ3) is 2.69. The van der Waals surface area contributed by atoms with Crippen molar-refractivity contribution in [2.75, 3.05) is 18.8 Å². The third-order valence-electron chi connectivity index (χ3n) is 2.24. The van der Waals surface area contributed by atoms with Gasteiger partial charge in [0.05, 0.1) is 17.4 Å². The van der Waals surface area contributed by atoms with Gasteiger partial charge in [-0.1, -0.05) is 6.92 Å². The topological polar surface area (TPSA) is 82.1 Å². The number of nitrogens with two attached hydrogens (primary N) is 1. The summed E-state index contributed by atoms with van der Waals surface area (Å²) in [6.07, 6.45) is -0.845. The first-order valence-electron chi connectivity index (χ1n) is 4.98. The molecule has 0 aliphatic rings. The molecular formula is C11H14FN3O. The zero-order valence-corrected chi connectivity index (χ0v) is 9.00. The quantitative estimate of drug-likeness (QED) is 0.663. The van der Waals surface area contributed by atoms with Gasteiger partial charge in [-0.05, 0) is 24.2 Å². The van der Waals surface area contributed by atoms with Crippen LogP contribution in [-0.4, -0.2) is 18.2 Å². The van der Waals surface area contributed by atoms with E-state index >= 15 is 0 Å². The fourth-order valence-corrected chi connectivity index (χ4v) is 1.32. The van der Waals surface area contributed by atoms with E-state index in [1.807, 2.05) is 6.92 Å². The number of hydrogen-bond donors (Lipinski definition) is 3. The van der Waals surface area contributed by atoms with Crippen LogP contribution in [0.5, 0.6) is 0 Å². The smallest absolute Gasteiger partial charge is 0.147 e. The van der Waals surface area contributed by atoms with Crippen molar-refractivity contribution < 1.29 is 9.50 Å². The summed E-state index contributed by atoms with van der Waals surface area (Å²) >= 11 is 0. The Morgan fingerprint density at radius 2 is 2.31 bits per heavy atom. The number of nitriles is 1. The van der Waals surface area contributed by atoms with Crippen LogP contribution in [0.2, 0.25) is 0 Å². The average Bonchev–Trinajstić information content (AvgIpc) is 2.29. The van der Waals surface area contributed by atoms with E-state index in [1.54, 1.807) is 6.07 Å². The Labute approximate surface area is 93.5 Å². The minimum absolute atomic E-state index is 0.0468. The minimum Gasteiger partial charge on any atom is -0.395 e. The molecule has 16 heavy (non-hydrogen) atoms. The Kier molecular flexibility index (Phi) is 4.23. The molecule has 4 N–H and O–H groups in total. The van der Waals surface area contributed by atoms with E-state index in [1.165, 1.54) is 6.07 Å². The lowest BCUT2D eigenvalue weighted by Crippen LogP contribution is -2.21. The Morgan fingerprint density at radius 1 is 1.62 bits per heavy atom. The van der Waals surface area contributed by atoms with Crippen molar-refractivity contribution in [1.29, 1.82) is 5.26 Å². The first-order chi connectivity index (χ1) is 7.60. The summed E-state index contributed by atoms with van der Waals surface area (Å²) in [5.41, 5.74) is 5.59. The lowest BCUT2D eigenvalue weighted by molar-refractivity contribution is 0.175. The van der Waals surface area contributed by atoms with Gasteiger partial charge in [0.2, 0.25) is 0 Å². The molecule has 0 saturated heterocycles. The zero-order valence-electron chi connectivity index (χ0n) is 9.00. The van der Waals surface area contributed by atoms with Crippen LogP contribution in [0.25, 0.3) is 0 Å². The van der Waals surface area contributed by atoms with Crippen LogP contribution in [0.4, 0.5) is 10.1 Å². The predicted octanol–water partition coefficient (Wildman–Crippen LogP) is 0.922. The summed E-state index contributed by atoms with van der Waals surface area (Å²) in [5.74, 6) is -0.676. The van der Waals surface area contributed by atoms with Crippen molar-refractivity contribution in [3.05, 3.63) is 29.1 Å². The Balaban J connectivity index is 2.98. The van der Waals surface area contributed by atoms with Gasteiger partial charge in [0.15, 0.2) is 0 Å². The SMILES string of the molecule is CCNCC(O)c1cc(F)c(N)c(C#N)c1. The predicted molar refractivity (Wildman–Crippen MR) is 59.0 cm³/mol. The van der Waals surface area contributed by atoms with E-state index in [2.05, 4.69) is 5.32 Å². The maximum atomic E-state index is 13.3. The maximum absolute atomic E-state index is 13.3. The first kappa shape index (κ1) is 12.4. The lowest BCUT2D eigenvalue weighted by atomic mass is 10.0. The van der Waals surface area contributed by atoms with Gasteiger partial charge in [0.1, 0.15) is 11.9 Å². The molecule has 0 radical (unpaired) electrons. The Morgan fingerprint density at radius 3 is 2.88 bits per heavy atom. The number of nitrogen functional groups attached to an aromatic ring is 1. The fourth-order valence-electron chi connectivity index (χ4n) is 1.32. The zero-order chi connectivity index (χ0) is 12.1. The van der Waals surface area contributed by atoms with Gasteiger partial charge in [-0.2, -0.15) is 5.26 Å². The second-order valence-corrected chi connectivity index (χ2v) is 3.40. The number of likely N-dealkylation sites (N-methyl/N-ethyl adjacent to an activating group) is 1. The number of hydrogen-bond acceptors (Lipinski definition) is 4. The van der Waals surface area contributed by atoms with Crippen LogP contribution in [0.1, 0.15) is 24.2 Å². The summed E-state index contributed by atoms with van der Waals surface area (Å²) in [6.45, 7) is 2.92. The highest BCUT2D eigenvalue weighted by atomic mass is 19.1. The van der Waals surface area contributed by atoms with Crippen molar-refractivity contribution in [3.8, 4) is 6.07 Å². The van der Waals surface area contributed by atoms with Gasteiger partial charge in [-0.15, -0.1) is 0 Å². The van der Waals surface area contributed by atoms with Gasteiger partial charge in [0.25, 0.3) is 0 Å². The molecule has 0 amide bonds. The molecule has 0 bridgehead atoms. The molecule has 0 fully saturated rings. The molecule has 0 aromatic heterocycles. The fraction of sp³-hybridized carbons (Fsp3) is 0.364. The Bertz CT molecular complexity index is 414. The number of nitrogens with zero attached hydrogens (tertiary/aromatic N) is 1. The number of halogens is 1. The summed E-state index contributed by atoms with van der Waals surface area (Å²) in [5, 5.41) is 21.4. The molecule has 1 rings (SSSR count). The second kappa shape index (κ2) is 5.45. The monoisotopic (exact) mass is 223 g/mol. The van der Waals surface area contributed by atoms with Crippen molar-refractivity contribution >= 4 is 5.69 Å². The number of aliphatic hydroxyl groups is 1. The van der Waals surface area contributed by atoms with Crippen LogP contribution < -0.4 is 11.1 Å². The number of nitrogens with one attached hydrogen (secondary N) is 1. The van der Waals surface area contributed by atoms with E-state index in [-0.39, 0.29) is 11.3 Å². The van der Waals surface area contributed by atoms with Crippen molar-refractivity contribution in [3.63, 3.8) is 0 Å². The van der Waals surface area contributed by atoms with Gasteiger partial charge in [-0.3, -0.25) is 0 Å². The average molecular weight is 223 g/mol. The highest BCUT2D eigenvalue weighted by Gasteiger charge is 2.13. The van der Waals surface area contributed by atoms with Crippen LogP contribution >= 0.6 is 0 Å². The molecule has 1 aromatic carbocycles. The van der Waals surface area contributed by atoms with Crippen LogP contribution in [-0.2, 0) is 0 Å². The van der Waals surface area contributed by atoms with E-state index in [0.717, 1.165) is 6.07 Å². The highest BCUT2D eigenvalue weighted by Crippen LogP contribution is 2.22. The molecule has 1 unspecified atom stereocenters. The molecule has 0 saturated carbocycles. The Hall–Kier alpha value is -1.64.